The molecular weight excluding hydrogens is 299 g/mol. The maximum Gasteiger partial charge on any atom is 0.258 e. The van der Waals surface area contributed by atoms with Crippen molar-refractivity contribution in [2.75, 3.05) is 5.32 Å². The Bertz CT molecular complexity index is 919. The number of rotatable bonds is 1. The summed E-state index contributed by atoms with van der Waals surface area (Å²) < 4.78 is 13.1. The molecule has 3 nitrogen and oxygen atoms in total. The Morgan fingerprint density at radius 2 is 1.73 bits per heavy atom. The van der Waals surface area contributed by atoms with Crippen molar-refractivity contribution < 1.29 is 4.39 Å². The van der Waals surface area contributed by atoms with Gasteiger partial charge in [0.2, 0.25) is 0 Å². The highest BCUT2D eigenvalue weighted by molar-refractivity contribution is 7.99. The SMILES string of the molecule is O=c1[nH]cc2c(c1-c1ccc(F)cc1)Nc1ccccc1S2. The predicted octanol–water partition coefficient (Wildman–Crippen LogP) is 4.39. The van der Waals surface area contributed by atoms with Crippen LogP contribution in [0.15, 0.2) is 69.3 Å². The maximum absolute atomic E-state index is 13.1. The van der Waals surface area contributed by atoms with Crippen LogP contribution in [0.2, 0.25) is 0 Å². The summed E-state index contributed by atoms with van der Waals surface area (Å²) in [4.78, 5) is 17.1. The van der Waals surface area contributed by atoms with Gasteiger partial charge in [0.05, 0.1) is 21.8 Å². The van der Waals surface area contributed by atoms with Crippen LogP contribution in [0.3, 0.4) is 0 Å². The Balaban J connectivity index is 1.91. The van der Waals surface area contributed by atoms with Gasteiger partial charge in [-0.1, -0.05) is 36.0 Å². The quantitative estimate of drug-likeness (QED) is 0.548. The van der Waals surface area contributed by atoms with E-state index < -0.39 is 0 Å². The second-order valence-electron chi connectivity index (χ2n) is 4.96. The summed E-state index contributed by atoms with van der Waals surface area (Å²) in [6.07, 6.45) is 1.71. The van der Waals surface area contributed by atoms with E-state index in [1.165, 1.54) is 12.1 Å². The molecule has 0 saturated carbocycles. The van der Waals surface area contributed by atoms with Crippen LogP contribution >= 0.6 is 11.8 Å². The molecule has 0 saturated heterocycles. The number of pyridine rings is 1. The van der Waals surface area contributed by atoms with Crippen molar-refractivity contribution in [3.05, 3.63) is 70.9 Å². The number of benzene rings is 2. The van der Waals surface area contributed by atoms with Crippen molar-refractivity contribution in [2.24, 2.45) is 0 Å². The minimum Gasteiger partial charge on any atom is -0.353 e. The van der Waals surface area contributed by atoms with Crippen molar-refractivity contribution >= 4 is 23.1 Å². The highest BCUT2D eigenvalue weighted by atomic mass is 32.2. The summed E-state index contributed by atoms with van der Waals surface area (Å²) in [5, 5.41) is 3.33. The number of nitrogens with one attached hydrogen (secondary N) is 2. The maximum atomic E-state index is 13.1. The standard InChI is InChI=1S/C17H11FN2OS/c18-11-7-5-10(6-8-11)15-16-14(9-19-17(15)21)22-13-4-2-1-3-12(13)20-16/h1-9,20H,(H,19,21). The molecule has 0 fully saturated rings. The Morgan fingerprint density at radius 3 is 2.55 bits per heavy atom. The van der Waals surface area contributed by atoms with Crippen LogP contribution in [0.25, 0.3) is 11.1 Å². The van der Waals surface area contributed by atoms with Gasteiger partial charge >= 0.3 is 0 Å². The number of para-hydroxylation sites is 1. The van der Waals surface area contributed by atoms with Gasteiger partial charge < -0.3 is 10.3 Å². The summed E-state index contributed by atoms with van der Waals surface area (Å²) >= 11 is 1.60. The summed E-state index contributed by atoms with van der Waals surface area (Å²) in [5.41, 5.74) is 2.75. The molecule has 2 N–H and O–H groups in total. The van der Waals surface area contributed by atoms with Gasteiger partial charge in [0.1, 0.15) is 5.82 Å². The fourth-order valence-electron chi connectivity index (χ4n) is 2.52. The number of aromatic nitrogens is 1. The number of aromatic amines is 1. The van der Waals surface area contributed by atoms with E-state index in [0.717, 1.165) is 21.2 Å². The van der Waals surface area contributed by atoms with E-state index in [1.807, 2.05) is 24.3 Å². The number of fused-ring (bicyclic) bond motifs is 2. The van der Waals surface area contributed by atoms with E-state index in [9.17, 15) is 9.18 Å². The molecule has 0 unspecified atom stereocenters. The van der Waals surface area contributed by atoms with Crippen LogP contribution in [0.1, 0.15) is 0 Å². The molecule has 0 spiro atoms. The first kappa shape index (κ1) is 13.2. The van der Waals surface area contributed by atoms with Crippen molar-refractivity contribution in [2.45, 2.75) is 9.79 Å². The molecule has 22 heavy (non-hydrogen) atoms. The molecule has 0 radical (unpaired) electrons. The Morgan fingerprint density at radius 1 is 0.955 bits per heavy atom. The molecule has 0 aliphatic carbocycles. The van der Waals surface area contributed by atoms with E-state index in [1.54, 1.807) is 30.1 Å². The first-order chi connectivity index (χ1) is 10.7. The molecule has 108 valence electrons. The molecule has 4 rings (SSSR count). The van der Waals surface area contributed by atoms with Crippen molar-refractivity contribution in [1.29, 1.82) is 0 Å². The minimum atomic E-state index is -0.322. The molecule has 0 bridgehead atoms. The third-order valence-electron chi connectivity index (χ3n) is 3.56. The average molecular weight is 310 g/mol. The third-order valence-corrected chi connectivity index (χ3v) is 4.68. The zero-order chi connectivity index (χ0) is 15.1. The first-order valence-electron chi connectivity index (χ1n) is 6.78. The summed E-state index contributed by atoms with van der Waals surface area (Å²) in [7, 11) is 0. The fraction of sp³-hybridized carbons (Fsp3) is 0. The van der Waals surface area contributed by atoms with Gasteiger partial charge in [0, 0.05) is 11.1 Å². The molecule has 1 aromatic heterocycles. The van der Waals surface area contributed by atoms with Crippen LogP contribution in [-0.4, -0.2) is 4.98 Å². The topological polar surface area (TPSA) is 44.9 Å². The summed E-state index contributed by atoms with van der Waals surface area (Å²) in [6.45, 7) is 0. The number of anilines is 2. The summed E-state index contributed by atoms with van der Waals surface area (Å²) in [6, 6.07) is 13.9. The minimum absolute atomic E-state index is 0.196. The predicted molar refractivity (Wildman–Crippen MR) is 86.3 cm³/mol. The highest BCUT2D eigenvalue weighted by Gasteiger charge is 2.21. The molecule has 1 aliphatic heterocycles. The molecule has 1 aliphatic rings. The van der Waals surface area contributed by atoms with Gasteiger partial charge in [0.15, 0.2) is 0 Å². The largest absolute Gasteiger partial charge is 0.353 e. The lowest BCUT2D eigenvalue weighted by molar-refractivity contribution is 0.628. The van der Waals surface area contributed by atoms with Gasteiger partial charge in [-0.3, -0.25) is 4.79 Å². The Labute approximate surface area is 130 Å². The van der Waals surface area contributed by atoms with Gasteiger partial charge in [-0.05, 0) is 29.8 Å². The molecular formula is C17H11FN2OS. The van der Waals surface area contributed by atoms with Gasteiger partial charge in [-0.15, -0.1) is 0 Å². The second kappa shape index (κ2) is 5.03. The van der Waals surface area contributed by atoms with E-state index in [-0.39, 0.29) is 11.4 Å². The number of H-pyrrole nitrogens is 1. The molecule has 0 amide bonds. The first-order valence-corrected chi connectivity index (χ1v) is 7.59. The summed E-state index contributed by atoms with van der Waals surface area (Å²) in [5.74, 6) is -0.322. The monoisotopic (exact) mass is 310 g/mol. The van der Waals surface area contributed by atoms with E-state index in [0.29, 0.717) is 11.1 Å². The third kappa shape index (κ3) is 2.10. The van der Waals surface area contributed by atoms with E-state index in [2.05, 4.69) is 10.3 Å². The molecule has 3 aromatic rings. The highest BCUT2D eigenvalue weighted by Crippen LogP contribution is 2.46. The van der Waals surface area contributed by atoms with Gasteiger partial charge in [0.25, 0.3) is 5.56 Å². The van der Waals surface area contributed by atoms with Crippen LogP contribution in [0.4, 0.5) is 15.8 Å². The number of hydrogen-bond acceptors (Lipinski definition) is 3. The van der Waals surface area contributed by atoms with Crippen LogP contribution in [-0.2, 0) is 0 Å². The van der Waals surface area contributed by atoms with Crippen LogP contribution < -0.4 is 10.9 Å². The number of halogens is 1. The van der Waals surface area contributed by atoms with Gasteiger partial charge in [-0.2, -0.15) is 0 Å². The smallest absolute Gasteiger partial charge is 0.258 e. The van der Waals surface area contributed by atoms with Crippen LogP contribution in [0.5, 0.6) is 0 Å². The zero-order valence-corrected chi connectivity index (χ0v) is 12.2. The fourth-order valence-corrected chi connectivity index (χ4v) is 3.51. The van der Waals surface area contributed by atoms with Crippen LogP contribution in [0, 0.1) is 5.82 Å². The molecule has 0 atom stereocenters. The molecule has 2 aromatic carbocycles. The molecule has 2 heterocycles. The lowest BCUT2D eigenvalue weighted by Gasteiger charge is -2.22. The van der Waals surface area contributed by atoms with Crippen molar-refractivity contribution in [3.8, 4) is 11.1 Å². The lowest BCUT2D eigenvalue weighted by atomic mass is 10.1. The normalized spacial score (nSPS) is 12.2. The van der Waals surface area contributed by atoms with E-state index in [4.69, 9.17) is 0 Å². The average Bonchev–Trinajstić information content (AvgIpc) is 2.54. The lowest BCUT2D eigenvalue weighted by Crippen LogP contribution is -2.14. The molecule has 5 heteroatoms. The Hall–Kier alpha value is -2.53. The van der Waals surface area contributed by atoms with E-state index >= 15 is 0 Å². The second-order valence-corrected chi connectivity index (χ2v) is 6.05. The Kier molecular flexibility index (Phi) is 3.01. The van der Waals surface area contributed by atoms with Gasteiger partial charge in [-0.25, -0.2) is 4.39 Å². The zero-order valence-electron chi connectivity index (χ0n) is 11.4. The number of hydrogen-bond donors (Lipinski definition) is 2. The van der Waals surface area contributed by atoms with Crippen molar-refractivity contribution in [1.82, 2.24) is 4.98 Å². The van der Waals surface area contributed by atoms with Crippen molar-refractivity contribution in [3.63, 3.8) is 0 Å².